The van der Waals surface area contributed by atoms with E-state index in [-0.39, 0.29) is 6.23 Å². The van der Waals surface area contributed by atoms with Gasteiger partial charge in [-0.3, -0.25) is 0 Å². The molecule has 0 heterocycles. The van der Waals surface area contributed by atoms with Crippen molar-refractivity contribution in [2.45, 2.75) is 78.9 Å². The van der Waals surface area contributed by atoms with Gasteiger partial charge >= 0.3 is 31.7 Å². The fourth-order valence-corrected chi connectivity index (χ4v) is 25.6. The summed E-state index contributed by atoms with van der Waals surface area (Å²) in [6.45, 7) is 28.1. The number of ether oxygens (including phenoxy) is 1. The molecule has 0 rings (SSSR count). The van der Waals surface area contributed by atoms with Crippen molar-refractivity contribution in [2.24, 2.45) is 0 Å². The molecule has 0 aliphatic carbocycles. The largest absolute Gasteiger partial charge is 0.460 e. The van der Waals surface area contributed by atoms with Gasteiger partial charge in [-0.25, -0.2) is 4.79 Å². The monoisotopic (exact) mass is 468 g/mol. The van der Waals surface area contributed by atoms with Crippen LogP contribution in [0.5, 0.6) is 0 Å². The Bertz CT molecular complexity index is 506. The van der Waals surface area contributed by atoms with Gasteiger partial charge in [-0.1, -0.05) is 6.58 Å². The maximum Gasteiger partial charge on any atom is 0.356 e. The summed E-state index contributed by atoms with van der Waals surface area (Å²) in [7, 11) is -11.4. The Morgan fingerprint density at radius 1 is 0.704 bits per heavy atom. The minimum Gasteiger partial charge on any atom is -0.460 e. The average Bonchev–Trinajstić information content (AvgIpc) is 2.27. The van der Waals surface area contributed by atoms with E-state index in [2.05, 4.69) is 45.9 Å². The molecular weight excluding hydrogens is 429 g/mol. The lowest BCUT2D eigenvalue weighted by atomic mass is 10.4. The highest BCUT2D eigenvalue weighted by molar-refractivity contribution is 6.90. The molecule has 0 atom stereocenters. The molecule has 0 aliphatic heterocycles. The van der Waals surface area contributed by atoms with E-state index in [1.807, 2.05) is 32.7 Å². The number of carbonyl (C=O) groups excluding carboxylic acids is 1. The van der Waals surface area contributed by atoms with Gasteiger partial charge in [0.2, 0.25) is 0 Å². The van der Waals surface area contributed by atoms with Crippen molar-refractivity contribution in [3.8, 4) is 0 Å². The van der Waals surface area contributed by atoms with Crippen LogP contribution >= 0.6 is 0 Å². The van der Waals surface area contributed by atoms with E-state index < -0.39 is 48.3 Å². The first-order valence-corrected chi connectivity index (χ1v) is 24.3. The fraction of sp³-hybridized carbons (Fsp3) is 0.812. The molecule has 0 fully saturated rings. The topological polar surface area (TPSA) is 63.2 Å². The van der Waals surface area contributed by atoms with E-state index in [0.29, 0.717) is 5.57 Å². The quantitative estimate of drug-likeness (QED) is 0.245. The predicted octanol–water partition coefficient (Wildman–Crippen LogP) is 4.86. The van der Waals surface area contributed by atoms with Crippen molar-refractivity contribution < 1.29 is 26.0 Å². The normalized spacial score (nSPS) is 14.2. The molecule has 0 spiro atoms. The van der Waals surface area contributed by atoms with E-state index >= 15 is 0 Å². The molecule has 0 bridgehead atoms. The lowest BCUT2D eigenvalue weighted by Crippen LogP contribution is -2.61. The van der Waals surface area contributed by atoms with E-state index in [1.54, 1.807) is 6.92 Å². The number of rotatable bonds is 11. The second-order valence-electron chi connectivity index (χ2n) is 9.92. The molecule has 0 aromatic carbocycles. The molecule has 0 amide bonds. The van der Waals surface area contributed by atoms with Crippen molar-refractivity contribution in [3.63, 3.8) is 0 Å². The summed E-state index contributed by atoms with van der Waals surface area (Å²) in [6, 6.07) is 0. The van der Waals surface area contributed by atoms with Crippen LogP contribution in [0.1, 0.15) is 6.92 Å². The molecule has 0 saturated heterocycles. The lowest BCUT2D eigenvalue weighted by Gasteiger charge is -2.42. The van der Waals surface area contributed by atoms with Gasteiger partial charge < -0.3 is 21.2 Å². The van der Waals surface area contributed by atoms with Crippen molar-refractivity contribution in [1.82, 2.24) is 0 Å². The van der Waals surface area contributed by atoms with E-state index in [0.717, 1.165) is 0 Å². The molecule has 160 valence electrons. The van der Waals surface area contributed by atoms with Crippen LogP contribution in [0.4, 0.5) is 0 Å². The third-order valence-electron chi connectivity index (χ3n) is 2.84. The summed E-state index contributed by atoms with van der Waals surface area (Å²) in [5.41, 5.74) is 0.357. The van der Waals surface area contributed by atoms with Crippen molar-refractivity contribution >= 4 is 48.3 Å². The SMILES string of the molecule is C=C(C)C(=O)OC[Si](C)(O[Si](C)(C)O[Si](C)(C)C)O[Si](C)(C)O[Si](C)(C)C. The number of carbonyl (C=O) groups is 1. The van der Waals surface area contributed by atoms with Crippen LogP contribution in [0, 0.1) is 0 Å². The molecule has 0 aromatic heterocycles. The summed E-state index contributed by atoms with van der Waals surface area (Å²) in [4.78, 5) is 11.9. The van der Waals surface area contributed by atoms with Crippen LogP contribution in [0.25, 0.3) is 0 Å². The Balaban J connectivity index is 5.54. The Morgan fingerprint density at radius 2 is 1.04 bits per heavy atom. The number of hydrogen-bond acceptors (Lipinski definition) is 6. The molecule has 11 heteroatoms. The molecule has 0 N–H and O–H groups in total. The molecule has 27 heavy (non-hydrogen) atoms. The summed E-state index contributed by atoms with van der Waals surface area (Å²) in [5, 5.41) is 0. The lowest BCUT2D eigenvalue weighted by molar-refractivity contribution is -0.137. The Labute approximate surface area is 171 Å². The van der Waals surface area contributed by atoms with Crippen LogP contribution in [0.3, 0.4) is 0 Å². The highest BCUT2D eigenvalue weighted by atomic mass is 28.5. The van der Waals surface area contributed by atoms with Crippen LogP contribution in [0.15, 0.2) is 12.2 Å². The van der Waals surface area contributed by atoms with E-state index in [1.165, 1.54) is 0 Å². The molecule has 0 aromatic rings. The number of esters is 1. The van der Waals surface area contributed by atoms with Gasteiger partial charge in [-0.2, -0.15) is 0 Å². The molecule has 0 aliphatic rings. The smallest absolute Gasteiger partial charge is 0.356 e. The zero-order valence-corrected chi connectivity index (χ0v) is 24.4. The first kappa shape index (κ1) is 27.1. The molecule has 6 nitrogen and oxygen atoms in total. The van der Waals surface area contributed by atoms with Crippen LogP contribution in [-0.4, -0.2) is 54.5 Å². The Hall–Kier alpha value is 0.134. The predicted molar refractivity (Wildman–Crippen MR) is 123 cm³/mol. The Morgan fingerprint density at radius 3 is 1.30 bits per heavy atom. The Kier molecular flexibility index (Phi) is 9.35. The van der Waals surface area contributed by atoms with Crippen LogP contribution in [0.2, 0.25) is 72.0 Å². The molecular formula is C16H40O6Si5. The first-order chi connectivity index (χ1) is 11.7. The zero-order valence-electron chi connectivity index (χ0n) is 19.4. The zero-order chi connectivity index (χ0) is 21.9. The van der Waals surface area contributed by atoms with E-state index in [4.69, 9.17) is 21.2 Å². The van der Waals surface area contributed by atoms with Gasteiger partial charge in [0.05, 0.1) is 0 Å². The second kappa shape index (κ2) is 9.30. The standard InChI is InChI=1S/C16H40O6Si5/c1-15(2)16(17)18-14-27(13,21-25(9,10)19-23(3,4)5)22-26(11,12)20-24(6,7)8/h1,14H2,2-13H3. The molecule has 0 radical (unpaired) electrons. The summed E-state index contributed by atoms with van der Waals surface area (Å²) in [5.74, 6) is -0.433. The molecule has 0 unspecified atom stereocenters. The summed E-state index contributed by atoms with van der Waals surface area (Å²) in [6.07, 6.45) is 0.0929. The van der Waals surface area contributed by atoms with Crippen molar-refractivity contribution in [1.29, 1.82) is 0 Å². The maximum absolute atomic E-state index is 11.9. The second-order valence-corrected chi connectivity index (χ2v) is 29.8. The maximum atomic E-state index is 11.9. The van der Waals surface area contributed by atoms with Gasteiger partial charge in [0.1, 0.15) is 6.23 Å². The van der Waals surface area contributed by atoms with Crippen LogP contribution in [-0.2, 0) is 26.0 Å². The first-order valence-electron chi connectivity index (χ1n) is 9.29. The third-order valence-corrected chi connectivity index (χ3v) is 19.7. The fourth-order valence-electron chi connectivity index (χ4n) is 2.96. The van der Waals surface area contributed by atoms with Gasteiger partial charge in [0.15, 0.2) is 16.6 Å². The summed E-state index contributed by atoms with van der Waals surface area (Å²) >= 11 is 0. The number of hydrogen-bond donors (Lipinski definition) is 0. The van der Waals surface area contributed by atoms with Gasteiger partial charge in [0, 0.05) is 5.57 Å². The van der Waals surface area contributed by atoms with Crippen molar-refractivity contribution in [3.05, 3.63) is 12.2 Å². The highest BCUT2D eigenvalue weighted by Gasteiger charge is 2.48. The summed E-state index contributed by atoms with van der Waals surface area (Å²) < 4.78 is 31.1. The average molecular weight is 469 g/mol. The highest BCUT2D eigenvalue weighted by Crippen LogP contribution is 2.26. The minimum absolute atomic E-state index is 0.0929. The van der Waals surface area contributed by atoms with Gasteiger partial charge in [-0.15, -0.1) is 0 Å². The third kappa shape index (κ3) is 13.1. The van der Waals surface area contributed by atoms with Gasteiger partial charge in [-0.05, 0) is 78.9 Å². The van der Waals surface area contributed by atoms with Gasteiger partial charge in [0.25, 0.3) is 0 Å². The molecule has 0 saturated carbocycles. The van der Waals surface area contributed by atoms with Crippen molar-refractivity contribution in [2.75, 3.05) is 6.23 Å². The van der Waals surface area contributed by atoms with Crippen LogP contribution < -0.4 is 0 Å². The minimum atomic E-state index is -2.89. The van der Waals surface area contributed by atoms with E-state index in [9.17, 15) is 4.79 Å².